The molecule has 0 aliphatic carbocycles. The zero-order chi connectivity index (χ0) is 18.1. The molecular weight excluding hydrogens is 320 g/mol. The van der Waals surface area contributed by atoms with E-state index in [9.17, 15) is 10.1 Å². The number of pyridine rings is 1. The second-order valence-corrected chi connectivity index (χ2v) is 5.80. The van der Waals surface area contributed by atoms with Gasteiger partial charge >= 0.3 is 0 Å². The predicted octanol–water partition coefficient (Wildman–Crippen LogP) is 4.44. The van der Waals surface area contributed by atoms with Crippen molar-refractivity contribution in [2.75, 3.05) is 14.2 Å². The van der Waals surface area contributed by atoms with Crippen molar-refractivity contribution in [3.63, 3.8) is 0 Å². The van der Waals surface area contributed by atoms with E-state index in [0.717, 1.165) is 22.3 Å². The molecule has 0 radical (unpaired) electrons. The van der Waals surface area contributed by atoms with Crippen molar-refractivity contribution in [1.29, 1.82) is 0 Å². The summed E-state index contributed by atoms with van der Waals surface area (Å²) >= 11 is 0. The lowest BCUT2D eigenvalue weighted by atomic mass is 9.94. The fourth-order valence-corrected chi connectivity index (χ4v) is 3.02. The standard InChI is InChI=1S/C19H18N2O4/c1-11-6-5-7-13(8-11)18-15(24-3)10-14(21(22)23)19-17(18)12(2)9-16(20-19)25-4/h5-10H,1-4H3. The fraction of sp³-hybridized carbons (Fsp3) is 0.211. The fourth-order valence-electron chi connectivity index (χ4n) is 3.02. The van der Waals surface area contributed by atoms with E-state index in [1.807, 2.05) is 38.1 Å². The number of nitro groups is 1. The summed E-state index contributed by atoms with van der Waals surface area (Å²) in [5.74, 6) is 0.785. The number of ether oxygens (including phenoxy) is 2. The van der Waals surface area contributed by atoms with Crippen molar-refractivity contribution >= 4 is 16.6 Å². The maximum Gasteiger partial charge on any atom is 0.299 e. The molecule has 6 heteroatoms. The van der Waals surface area contributed by atoms with Crippen LogP contribution in [0.5, 0.6) is 11.6 Å². The zero-order valence-electron chi connectivity index (χ0n) is 14.5. The Labute approximate surface area is 145 Å². The number of non-ortho nitro benzene ring substituents is 1. The van der Waals surface area contributed by atoms with Crippen molar-refractivity contribution in [3.05, 3.63) is 57.6 Å². The Balaban J connectivity index is 2.51. The van der Waals surface area contributed by atoms with E-state index in [2.05, 4.69) is 4.98 Å². The van der Waals surface area contributed by atoms with Gasteiger partial charge in [-0.2, -0.15) is 0 Å². The van der Waals surface area contributed by atoms with Crippen LogP contribution in [0.4, 0.5) is 5.69 Å². The van der Waals surface area contributed by atoms with Crippen LogP contribution in [0.15, 0.2) is 36.4 Å². The van der Waals surface area contributed by atoms with Crippen molar-refractivity contribution in [3.8, 4) is 22.8 Å². The molecule has 0 saturated heterocycles. The van der Waals surface area contributed by atoms with Crippen LogP contribution < -0.4 is 9.47 Å². The molecule has 0 atom stereocenters. The van der Waals surface area contributed by atoms with Gasteiger partial charge in [-0.05, 0) is 25.0 Å². The van der Waals surface area contributed by atoms with Crippen LogP contribution in [-0.2, 0) is 0 Å². The number of aryl methyl sites for hydroxylation is 2. The van der Waals surface area contributed by atoms with E-state index in [1.54, 1.807) is 6.07 Å². The molecule has 3 rings (SSSR count). The van der Waals surface area contributed by atoms with Crippen molar-refractivity contribution < 1.29 is 14.4 Å². The lowest BCUT2D eigenvalue weighted by Gasteiger charge is -2.15. The number of benzene rings is 2. The van der Waals surface area contributed by atoms with Crippen LogP contribution in [0.2, 0.25) is 0 Å². The molecule has 0 aliphatic heterocycles. The molecule has 0 aliphatic rings. The Bertz CT molecular complexity index is 983. The number of aromatic nitrogens is 1. The monoisotopic (exact) mass is 338 g/mol. The summed E-state index contributed by atoms with van der Waals surface area (Å²) in [6.07, 6.45) is 0. The Morgan fingerprint density at radius 1 is 1.08 bits per heavy atom. The minimum absolute atomic E-state index is 0.106. The van der Waals surface area contributed by atoms with Gasteiger partial charge in [0.15, 0.2) is 5.52 Å². The molecule has 0 spiro atoms. The Hall–Kier alpha value is -3.15. The van der Waals surface area contributed by atoms with Gasteiger partial charge in [-0.3, -0.25) is 10.1 Å². The first-order valence-corrected chi connectivity index (χ1v) is 7.74. The second-order valence-electron chi connectivity index (χ2n) is 5.80. The van der Waals surface area contributed by atoms with Gasteiger partial charge in [-0.15, -0.1) is 0 Å². The summed E-state index contributed by atoms with van der Waals surface area (Å²) in [5.41, 5.74) is 3.82. The van der Waals surface area contributed by atoms with Crippen molar-refractivity contribution in [1.82, 2.24) is 4.98 Å². The molecule has 1 heterocycles. The predicted molar refractivity (Wildman–Crippen MR) is 96.4 cm³/mol. The molecule has 2 aromatic carbocycles. The molecule has 0 fully saturated rings. The summed E-state index contributed by atoms with van der Waals surface area (Å²) in [4.78, 5) is 15.5. The Morgan fingerprint density at radius 3 is 2.44 bits per heavy atom. The van der Waals surface area contributed by atoms with Gasteiger partial charge in [0.1, 0.15) is 5.75 Å². The lowest BCUT2D eigenvalue weighted by molar-refractivity contribution is -0.383. The van der Waals surface area contributed by atoms with E-state index >= 15 is 0 Å². The molecule has 0 unspecified atom stereocenters. The number of nitrogens with zero attached hydrogens (tertiary/aromatic N) is 2. The highest BCUT2D eigenvalue weighted by atomic mass is 16.6. The van der Waals surface area contributed by atoms with Crippen LogP contribution in [0.1, 0.15) is 11.1 Å². The SMILES string of the molecule is COc1cc(C)c2c(-c3cccc(C)c3)c(OC)cc([N+](=O)[O-])c2n1. The molecule has 1 aromatic heterocycles. The average molecular weight is 338 g/mol. The third-order valence-electron chi connectivity index (χ3n) is 4.13. The number of nitro benzene ring substituents is 1. The van der Waals surface area contributed by atoms with Gasteiger partial charge in [0.25, 0.3) is 5.69 Å². The number of methoxy groups -OCH3 is 2. The van der Waals surface area contributed by atoms with Crippen LogP contribution in [0, 0.1) is 24.0 Å². The van der Waals surface area contributed by atoms with Crippen LogP contribution in [0.3, 0.4) is 0 Å². The van der Waals surface area contributed by atoms with E-state index in [-0.39, 0.29) is 5.69 Å². The second kappa shape index (κ2) is 6.39. The molecule has 3 aromatic rings. The zero-order valence-corrected chi connectivity index (χ0v) is 14.5. The van der Waals surface area contributed by atoms with Gasteiger partial charge < -0.3 is 9.47 Å². The van der Waals surface area contributed by atoms with Gasteiger partial charge in [0.05, 0.1) is 25.2 Å². The topological polar surface area (TPSA) is 74.5 Å². The molecule has 0 amide bonds. The number of fused-ring (bicyclic) bond motifs is 1. The number of rotatable bonds is 4. The van der Waals surface area contributed by atoms with Crippen LogP contribution in [-0.4, -0.2) is 24.1 Å². The lowest BCUT2D eigenvalue weighted by Crippen LogP contribution is -2.00. The minimum Gasteiger partial charge on any atom is -0.496 e. The number of hydrogen-bond donors (Lipinski definition) is 0. The summed E-state index contributed by atoms with van der Waals surface area (Å²) in [7, 11) is 3.00. The number of hydrogen-bond acceptors (Lipinski definition) is 5. The molecule has 0 bridgehead atoms. The van der Waals surface area contributed by atoms with Gasteiger partial charge in [-0.25, -0.2) is 4.98 Å². The van der Waals surface area contributed by atoms with Crippen LogP contribution in [0.25, 0.3) is 22.0 Å². The van der Waals surface area contributed by atoms with E-state index < -0.39 is 4.92 Å². The van der Waals surface area contributed by atoms with Gasteiger partial charge in [0.2, 0.25) is 5.88 Å². The summed E-state index contributed by atoms with van der Waals surface area (Å²) in [5, 5.41) is 12.3. The largest absolute Gasteiger partial charge is 0.496 e. The Morgan fingerprint density at radius 2 is 1.84 bits per heavy atom. The summed E-state index contributed by atoms with van der Waals surface area (Å²) < 4.78 is 10.7. The highest BCUT2D eigenvalue weighted by Crippen LogP contribution is 2.43. The smallest absolute Gasteiger partial charge is 0.299 e. The highest BCUT2D eigenvalue weighted by molar-refractivity contribution is 6.04. The molecule has 128 valence electrons. The van der Waals surface area contributed by atoms with E-state index in [4.69, 9.17) is 9.47 Å². The van der Waals surface area contributed by atoms with Gasteiger partial charge in [0, 0.05) is 17.0 Å². The van der Waals surface area contributed by atoms with Crippen molar-refractivity contribution in [2.24, 2.45) is 0 Å². The third-order valence-corrected chi connectivity index (χ3v) is 4.13. The first kappa shape index (κ1) is 16.7. The third kappa shape index (κ3) is 2.87. The molecule has 0 saturated carbocycles. The normalized spacial score (nSPS) is 10.7. The van der Waals surface area contributed by atoms with E-state index in [1.165, 1.54) is 20.3 Å². The molecular formula is C19H18N2O4. The minimum atomic E-state index is -0.448. The van der Waals surface area contributed by atoms with Crippen molar-refractivity contribution in [2.45, 2.75) is 13.8 Å². The highest BCUT2D eigenvalue weighted by Gasteiger charge is 2.24. The Kier molecular flexibility index (Phi) is 4.27. The van der Waals surface area contributed by atoms with Gasteiger partial charge in [-0.1, -0.05) is 29.8 Å². The first-order valence-electron chi connectivity index (χ1n) is 7.74. The maximum absolute atomic E-state index is 11.6. The quantitative estimate of drug-likeness (QED) is 0.519. The maximum atomic E-state index is 11.6. The molecule has 25 heavy (non-hydrogen) atoms. The van der Waals surface area contributed by atoms with Crippen LogP contribution >= 0.6 is 0 Å². The molecule has 6 nitrogen and oxygen atoms in total. The first-order chi connectivity index (χ1) is 12.0. The average Bonchev–Trinajstić information content (AvgIpc) is 2.59. The summed E-state index contributed by atoms with van der Waals surface area (Å²) in [6, 6.07) is 11.1. The summed E-state index contributed by atoms with van der Waals surface area (Å²) in [6.45, 7) is 3.88. The van der Waals surface area contributed by atoms with E-state index in [0.29, 0.717) is 22.5 Å². The molecule has 0 N–H and O–H groups in total.